The standard InChI is InChI=1S/C27H19ClN4S/c1-17-6-8-18(9-7-17)24-14-26(22-15-29-23-5-3-2-4-21(22)23)32(31-24)27-30-25(16-33-27)19-10-12-20(28)13-11-19/h2-16,29H,1H3. The number of aromatic amines is 1. The van der Waals surface area contributed by atoms with E-state index in [0.29, 0.717) is 5.02 Å². The highest BCUT2D eigenvalue weighted by Gasteiger charge is 2.18. The van der Waals surface area contributed by atoms with Crippen molar-refractivity contribution in [3.05, 3.63) is 101 Å². The molecule has 6 aromatic rings. The molecule has 3 aromatic carbocycles. The van der Waals surface area contributed by atoms with E-state index >= 15 is 0 Å². The van der Waals surface area contributed by atoms with Gasteiger partial charge >= 0.3 is 0 Å². The van der Waals surface area contributed by atoms with Crippen LogP contribution in [0.4, 0.5) is 0 Å². The van der Waals surface area contributed by atoms with E-state index in [9.17, 15) is 0 Å². The summed E-state index contributed by atoms with van der Waals surface area (Å²) in [6, 6.07) is 26.7. The number of hydrogen-bond donors (Lipinski definition) is 1. The number of rotatable bonds is 4. The lowest BCUT2D eigenvalue weighted by Crippen LogP contribution is -1.98. The molecule has 0 spiro atoms. The Labute approximate surface area is 200 Å². The second-order valence-electron chi connectivity index (χ2n) is 7.96. The van der Waals surface area contributed by atoms with E-state index in [2.05, 4.69) is 65.8 Å². The normalized spacial score (nSPS) is 11.3. The Kier molecular flexibility index (Phi) is 4.86. The van der Waals surface area contributed by atoms with Crippen LogP contribution < -0.4 is 0 Å². The molecule has 0 bridgehead atoms. The molecule has 0 atom stereocenters. The minimum absolute atomic E-state index is 0.714. The number of fused-ring (bicyclic) bond motifs is 1. The van der Waals surface area contributed by atoms with Gasteiger partial charge in [-0.1, -0.05) is 71.8 Å². The second-order valence-corrected chi connectivity index (χ2v) is 9.24. The van der Waals surface area contributed by atoms with E-state index in [0.717, 1.165) is 49.8 Å². The third-order valence-electron chi connectivity index (χ3n) is 5.74. The van der Waals surface area contributed by atoms with Crippen molar-refractivity contribution in [3.63, 3.8) is 0 Å². The molecule has 0 fully saturated rings. The molecule has 0 unspecified atom stereocenters. The molecule has 3 aromatic heterocycles. The lowest BCUT2D eigenvalue weighted by atomic mass is 10.1. The highest BCUT2D eigenvalue weighted by Crippen LogP contribution is 2.35. The molecule has 160 valence electrons. The van der Waals surface area contributed by atoms with Gasteiger partial charge in [0.1, 0.15) is 0 Å². The maximum Gasteiger partial charge on any atom is 0.211 e. The van der Waals surface area contributed by atoms with Crippen molar-refractivity contribution in [1.82, 2.24) is 19.7 Å². The summed E-state index contributed by atoms with van der Waals surface area (Å²) >= 11 is 7.64. The van der Waals surface area contributed by atoms with Crippen LogP contribution in [0.5, 0.6) is 0 Å². The van der Waals surface area contributed by atoms with Gasteiger partial charge in [0.2, 0.25) is 5.13 Å². The van der Waals surface area contributed by atoms with Crippen molar-refractivity contribution in [2.45, 2.75) is 6.92 Å². The van der Waals surface area contributed by atoms with Crippen LogP contribution in [0.1, 0.15) is 5.56 Å². The largest absolute Gasteiger partial charge is 0.360 e. The number of hydrogen-bond acceptors (Lipinski definition) is 3. The topological polar surface area (TPSA) is 46.5 Å². The minimum Gasteiger partial charge on any atom is -0.360 e. The predicted molar refractivity (Wildman–Crippen MR) is 137 cm³/mol. The number of halogens is 1. The fraction of sp³-hybridized carbons (Fsp3) is 0.0370. The molecule has 0 saturated carbocycles. The van der Waals surface area contributed by atoms with Gasteiger partial charge in [0, 0.05) is 44.2 Å². The molecule has 3 heterocycles. The molecule has 0 amide bonds. The minimum atomic E-state index is 0.714. The zero-order chi connectivity index (χ0) is 22.4. The van der Waals surface area contributed by atoms with Gasteiger partial charge in [-0.2, -0.15) is 5.10 Å². The second kappa shape index (κ2) is 8.03. The zero-order valence-electron chi connectivity index (χ0n) is 17.8. The Morgan fingerprint density at radius 1 is 0.879 bits per heavy atom. The third kappa shape index (κ3) is 3.65. The molecule has 0 radical (unpaired) electrons. The Hall–Kier alpha value is -3.67. The van der Waals surface area contributed by atoms with Gasteiger partial charge in [0.15, 0.2) is 0 Å². The van der Waals surface area contributed by atoms with Crippen molar-refractivity contribution in [2.24, 2.45) is 0 Å². The maximum absolute atomic E-state index is 6.06. The van der Waals surface area contributed by atoms with E-state index in [4.69, 9.17) is 21.7 Å². The number of thiazole rings is 1. The van der Waals surface area contributed by atoms with Crippen LogP contribution in [0, 0.1) is 6.92 Å². The highest BCUT2D eigenvalue weighted by atomic mass is 35.5. The fourth-order valence-corrected chi connectivity index (χ4v) is 4.90. The number of aromatic nitrogens is 4. The summed E-state index contributed by atoms with van der Waals surface area (Å²) in [4.78, 5) is 8.31. The van der Waals surface area contributed by atoms with Crippen molar-refractivity contribution >= 4 is 33.8 Å². The van der Waals surface area contributed by atoms with Crippen LogP contribution in [0.15, 0.2) is 90.4 Å². The molecule has 0 aliphatic rings. The van der Waals surface area contributed by atoms with Gasteiger partial charge in [-0.15, -0.1) is 11.3 Å². The highest BCUT2D eigenvalue weighted by molar-refractivity contribution is 7.12. The van der Waals surface area contributed by atoms with Crippen molar-refractivity contribution in [3.8, 4) is 38.9 Å². The smallest absolute Gasteiger partial charge is 0.211 e. The van der Waals surface area contributed by atoms with Gasteiger partial charge < -0.3 is 4.98 Å². The number of nitrogens with one attached hydrogen (secondary N) is 1. The summed E-state index contributed by atoms with van der Waals surface area (Å²) in [7, 11) is 0. The monoisotopic (exact) mass is 466 g/mol. The molecule has 0 aliphatic carbocycles. The zero-order valence-corrected chi connectivity index (χ0v) is 19.4. The first-order valence-electron chi connectivity index (χ1n) is 10.6. The Morgan fingerprint density at radius 2 is 1.61 bits per heavy atom. The predicted octanol–water partition coefficient (Wildman–Crippen LogP) is 7.77. The maximum atomic E-state index is 6.06. The fourth-order valence-electron chi connectivity index (χ4n) is 3.98. The van der Waals surface area contributed by atoms with E-state index in [1.807, 2.05) is 41.2 Å². The van der Waals surface area contributed by atoms with Crippen LogP contribution in [0.25, 0.3) is 49.8 Å². The first-order valence-corrected chi connectivity index (χ1v) is 11.9. The van der Waals surface area contributed by atoms with Gasteiger partial charge in [-0.25, -0.2) is 9.67 Å². The molecule has 6 heteroatoms. The molecular formula is C27H19ClN4S. The summed E-state index contributed by atoms with van der Waals surface area (Å²) in [5.41, 5.74) is 8.35. The average molecular weight is 467 g/mol. The SMILES string of the molecule is Cc1ccc(-c2cc(-c3c[nH]c4ccccc34)n(-c3nc(-c4ccc(Cl)cc4)cs3)n2)cc1. The van der Waals surface area contributed by atoms with Crippen LogP contribution in [0.2, 0.25) is 5.02 Å². The van der Waals surface area contributed by atoms with E-state index in [1.54, 1.807) is 11.3 Å². The van der Waals surface area contributed by atoms with Crippen LogP contribution in [-0.2, 0) is 0 Å². The quantitative estimate of drug-likeness (QED) is 0.288. The molecule has 33 heavy (non-hydrogen) atoms. The molecule has 0 saturated heterocycles. The number of aryl methyl sites for hydroxylation is 1. The van der Waals surface area contributed by atoms with Crippen LogP contribution in [-0.4, -0.2) is 19.7 Å². The van der Waals surface area contributed by atoms with Crippen molar-refractivity contribution in [2.75, 3.05) is 0 Å². The van der Waals surface area contributed by atoms with Gasteiger partial charge in [-0.3, -0.25) is 0 Å². The molecular weight excluding hydrogens is 448 g/mol. The molecule has 4 nitrogen and oxygen atoms in total. The Balaban J connectivity index is 1.52. The van der Waals surface area contributed by atoms with Crippen molar-refractivity contribution in [1.29, 1.82) is 0 Å². The number of nitrogens with zero attached hydrogens (tertiary/aromatic N) is 3. The summed E-state index contributed by atoms with van der Waals surface area (Å²) in [6.45, 7) is 2.09. The first-order chi connectivity index (χ1) is 16.2. The summed E-state index contributed by atoms with van der Waals surface area (Å²) in [5.74, 6) is 0. The molecule has 1 N–H and O–H groups in total. The average Bonchev–Trinajstić information content (AvgIpc) is 3.58. The lowest BCUT2D eigenvalue weighted by molar-refractivity contribution is 0.882. The Bertz CT molecular complexity index is 1570. The van der Waals surface area contributed by atoms with Gasteiger partial charge in [-0.05, 0) is 31.2 Å². The summed E-state index contributed by atoms with van der Waals surface area (Å²) in [6.07, 6.45) is 2.05. The molecule has 6 rings (SSSR count). The Morgan fingerprint density at radius 3 is 2.42 bits per heavy atom. The lowest BCUT2D eigenvalue weighted by Gasteiger charge is -2.03. The van der Waals surface area contributed by atoms with E-state index < -0.39 is 0 Å². The molecule has 0 aliphatic heterocycles. The van der Waals surface area contributed by atoms with Crippen molar-refractivity contribution < 1.29 is 0 Å². The van der Waals surface area contributed by atoms with E-state index in [-0.39, 0.29) is 0 Å². The number of H-pyrrole nitrogens is 1. The number of benzene rings is 3. The van der Waals surface area contributed by atoms with Crippen LogP contribution in [0.3, 0.4) is 0 Å². The summed E-state index contributed by atoms with van der Waals surface area (Å²) in [5, 5.41) is 9.74. The first kappa shape index (κ1) is 20.0. The van der Waals surface area contributed by atoms with E-state index in [1.165, 1.54) is 5.56 Å². The summed E-state index contributed by atoms with van der Waals surface area (Å²) < 4.78 is 1.95. The van der Waals surface area contributed by atoms with Gasteiger partial charge in [0.05, 0.1) is 17.1 Å². The number of para-hydroxylation sites is 1. The van der Waals surface area contributed by atoms with Gasteiger partial charge in [0.25, 0.3) is 0 Å². The van der Waals surface area contributed by atoms with Crippen LogP contribution >= 0.6 is 22.9 Å². The third-order valence-corrected chi connectivity index (χ3v) is 6.80.